The number of aryl methyl sites for hydroxylation is 1. The molecule has 1 aromatic heterocycles. The van der Waals surface area contributed by atoms with Crippen molar-refractivity contribution in [1.29, 1.82) is 0 Å². The van der Waals surface area contributed by atoms with Crippen LogP contribution in [0.2, 0.25) is 0 Å². The van der Waals surface area contributed by atoms with Crippen LogP contribution in [0.4, 0.5) is 0 Å². The molecule has 1 aromatic rings. The summed E-state index contributed by atoms with van der Waals surface area (Å²) in [5.74, 6) is 0. The normalized spacial score (nSPS) is 13.2. The number of rotatable bonds is 4. The van der Waals surface area contributed by atoms with Gasteiger partial charge in [-0.3, -0.25) is 0 Å². The molecule has 1 atom stereocenters. The first-order valence-electron chi connectivity index (χ1n) is 4.12. The van der Waals surface area contributed by atoms with Gasteiger partial charge in [0.25, 0.3) is 0 Å². The Morgan fingerprint density at radius 3 is 2.83 bits per heavy atom. The Hall–Kier alpha value is -0.380. The molecule has 0 amide bonds. The highest BCUT2D eigenvalue weighted by Crippen LogP contribution is 2.14. The highest BCUT2D eigenvalue weighted by molar-refractivity contribution is 7.11. The predicted octanol–water partition coefficient (Wildman–Crippen LogP) is 1.53. The minimum absolute atomic E-state index is 0.187. The second-order valence-corrected chi connectivity index (χ2v) is 4.35. The fraction of sp³-hybridized carbons (Fsp3) is 0.556. The van der Waals surface area contributed by atoms with Gasteiger partial charge in [-0.15, -0.1) is 11.3 Å². The summed E-state index contributed by atoms with van der Waals surface area (Å²) >= 11 is 1.80. The summed E-state index contributed by atoms with van der Waals surface area (Å²) in [7, 11) is 0. The molecular formula is C9H15NOS. The zero-order valence-electron chi connectivity index (χ0n) is 7.50. The smallest absolute Gasteiger partial charge is 0.0582 e. The average Bonchev–Trinajstić information content (AvgIpc) is 2.47. The Morgan fingerprint density at radius 2 is 2.33 bits per heavy atom. The number of thiophene rings is 1. The number of hydrogen-bond donors (Lipinski definition) is 2. The van der Waals surface area contributed by atoms with Crippen LogP contribution >= 0.6 is 11.3 Å². The molecule has 0 aliphatic carbocycles. The summed E-state index contributed by atoms with van der Waals surface area (Å²) in [5, 5.41) is 12.0. The van der Waals surface area contributed by atoms with Gasteiger partial charge in [0.1, 0.15) is 0 Å². The van der Waals surface area contributed by atoms with Gasteiger partial charge in [0.05, 0.1) is 6.61 Å². The van der Waals surface area contributed by atoms with Gasteiger partial charge in [-0.1, -0.05) is 0 Å². The van der Waals surface area contributed by atoms with Crippen LogP contribution in [0.15, 0.2) is 12.1 Å². The van der Waals surface area contributed by atoms with E-state index in [-0.39, 0.29) is 12.6 Å². The first-order chi connectivity index (χ1) is 5.72. The fourth-order valence-corrected chi connectivity index (χ4v) is 1.76. The maximum Gasteiger partial charge on any atom is 0.0582 e. The summed E-state index contributed by atoms with van der Waals surface area (Å²) in [6.07, 6.45) is 0. The highest BCUT2D eigenvalue weighted by Gasteiger charge is 2.00. The molecule has 1 rings (SSSR count). The first kappa shape index (κ1) is 9.71. The molecule has 0 bridgehead atoms. The lowest BCUT2D eigenvalue weighted by molar-refractivity contribution is 0.251. The Balaban J connectivity index is 2.33. The van der Waals surface area contributed by atoms with Crippen molar-refractivity contribution in [3.63, 3.8) is 0 Å². The van der Waals surface area contributed by atoms with E-state index in [2.05, 4.69) is 24.4 Å². The van der Waals surface area contributed by atoms with Crippen LogP contribution in [0.3, 0.4) is 0 Å². The lowest BCUT2D eigenvalue weighted by Gasteiger charge is -2.08. The van der Waals surface area contributed by atoms with Crippen molar-refractivity contribution in [3.05, 3.63) is 21.9 Å². The largest absolute Gasteiger partial charge is 0.395 e. The van der Waals surface area contributed by atoms with Gasteiger partial charge >= 0.3 is 0 Å². The molecule has 2 nitrogen and oxygen atoms in total. The van der Waals surface area contributed by atoms with Crippen LogP contribution in [-0.4, -0.2) is 17.8 Å². The molecule has 0 unspecified atom stereocenters. The summed E-state index contributed by atoms with van der Waals surface area (Å²) in [4.78, 5) is 2.66. The zero-order chi connectivity index (χ0) is 8.97. The van der Waals surface area contributed by atoms with Crippen LogP contribution in [0.1, 0.15) is 16.7 Å². The predicted molar refractivity (Wildman–Crippen MR) is 52.4 cm³/mol. The van der Waals surface area contributed by atoms with Crippen molar-refractivity contribution in [3.8, 4) is 0 Å². The topological polar surface area (TPSA) is 32.3 Å². The van der Waals surface area contributed by atoms with Crippen LogP contribution in [0, 0.1) is 6.92 Å². The quantitative estimate of drug-likeness (QED) is 0.745. The third-order valence-corrected chi connectivity index (χ3v) is 2.70. The van der Waals surface area contributed by atoms with Crippen LogP contribution in [0.5, 0.6) is 0 Å². The molecular weight excluding hydrogens is 170 g/mol. The van der Waals surface area contributed by atoms with Gasteiger partial charge < -0.3 is 10.4 Å². The van der Waals surface area contributed by atoms with E-state index in [1.54, 1.807) is 11.3 Å². The number of aliphatic hydroxyl groups excluding tert-OH is 1. The molecule has 68 valence electrons. The molecule has 1 heterocycles. The van der Waals surface area contributed by atoms with Crippen molar-refractivity contribution in [2.75, 3.05) is 6.61 Å². The second kappa shape index (κ2) is 4.60. The van der Waals surface area contributed by atoms with Gasteiger partial charge in [-0.05, 0) is 26.0 Å². The van der Waals surface area contributed by atoms with Crippen molar-refractivity contribution in [2.24, 2.45) is 0 Å². The van der Waals surface area contributed by atoms with Crippen molar-refractivity contribution in [2.45, 2.75) is 26.4 Å². The molecule has 0 spiro atoms. The van der Waals surface area contributed by atoms with E-state index in [4.69, 9.17) is 5.11 Å². The summed E-state index contributed by atoms with van der Waals surface area (Å²) in [5.41, 5.74) is 0. The van der Waals surface area contributed by atoms with Gasteiger partial charge in [0.15, 0.2) is 0 Å². The SMILES string of the molecule is Cc1ccc(CN[C@H](C)CO)s1. The van der Waals surface area contributed by atoms with Crippen molar-refractivity contribution in [1.82, 2.24) is 5.32 Å². The summed E-state index contributed by atoms with van der Waals surface area (Å²) in [6, 6.07) is 4.43. The third kappa shape index (κ3) is 2.93. The number of nitrogens with one attached hydrogen (secondary N) is 1. The van der Waals surface area contributed by atoms with E-state index < -0.39 is 0 Å². The van der Waals surface area contributed by atoms with E-state index in [9.17, 15) is 0 Å². The van der Waals surface area contributed by atoms with Gasteiger partial charge in [0.2, 0.25) is 0 Å². The van der Waals surface area contributed by atoms with E-state index >= 15 is 0 Å². The molecule has 0 aromatic carbocycles. The molecule has 0 fully saturated rings. The van der Waals surface area contributed by atoms with Gasteiger partial charge in [0, 0.05) is 22.3 Å². The Morgan fingerprint density at radius 1 is 1.58 bits per heavy atom. The minimum atomic E-state index is 0.187. The lowest BCUT2D eigenvalue weighted by atomic mass is 10.3. The maximum absolute atomic E-state index is 8.76. The van der Waals surface area contributed by atoms with Crippen LogP contribution < -0.4 is 5.32 Å². The Kier molecular flexibility index (Phi) is 3.72. The number of hydrogen-bond acceptors (Lipinski definition) is 3. The first-order valence-corrected chi connectivity index (χ1v) is 4.93. The van der Waals surface area contributed by atoms with E-state index in [1.807, 2.05) is 6.92 Å². The number of aliphatic hydroxyl groups is 1. The fourth-order valence-electron chi connectivity index (χ4n) is 0.920. The Labute approximate surface area is 77.2 Å². The van der Waals surface area contributed by atoms with Crippen molar-refractivity contribution < 1.29 is 5.11 Å². The second-order valence-electron chi connectivity index (χ2n) is 2.98. The highest BCUT2D eigenvalue weighted by atomic mass is 32.1. The summed E-state index contributed by atoms with van der Waals surface area (Å²) in [6.45, 7) is 5.13. The zero-order valence-corrected chi connectivity index (χ0v) is 8.32. The average molecular weight is 185 g/mol. The molecule has 0 saturated carbocycles. The van der Waals surface area contributed by atoms with E-state index in [0.717, 1.165) is 6.54 Å². The molecule has 0 aliphatic rings. The monoisotopic (exact) mass is 185 g/mol. The summed E-state index contributed by atoms with van der Waals surface area (Å²) < 4.78 is 0. The lowest BCUT2D eigenvalue weighted by Crippen LogP contribution is -2.28. The molecule has 0 aliphatic heterocycles. The van der Waals surface area contributed by atoms with Crippen LogP contribution in [0.25, 0.3) is 0 Å². The molecule has 12 heavy (non-hydrogen) atoms. The third-order valence-electron chi connectivity index (χ3n) is 1.69. The Bertz CT molecular complexity index is 234. The van der Waals surface area contributed by atoms with Crippen LogP contribution in [-0.2, 0) is 6.54 Å². The maximum atomic E-state index is 8.76. The minimum Gasteiger partial charge on any atom is -0.395 e. The standard InChI is InChI=1S/C9H15NOS/c1-7(6-11)10-5-9-4-3-8(2)12-9/h3-4,7,10-11H,5-6H2,1-2H3/t7-/m1/s1. The van der Waals surface area contributed by atoms with E-state index in [1.165, 1.54) is 9.75 Å². The molecule has 3 heteroatoms. The molecule has 0 radical (unpaired) electrons. The molecule has 2 N–H and O–H groups in total. The molecule has 0 saturated heterocycles. The van der Waals surface area contributed by atoms with Gasteiger partial charge in [-0.2, -0.15) is 0 Å². The van der Waals surface area contributed by atoms with Crippen molar-refractivity contribution >= 4 is 11.3 Å². The van der Waals surface area contributed by atoms with E-state index in [0.29, 0.717) is 0 Å². The van der Waals surface area contributed by atoms with Gasteiger partial charge in [-0.25, -0.2) is 0 Å².